The third kappa shape index (κ3) is 2.64. The molecule has 5 heteroatoms. The predicted octanol–water partition coefficient (Wildman–Crippen LogP) is 2.25. The van der Waals surface area contributed by atoms with Gasteiger partial charge in [0.1, 0.15) is 5.92 Å². The van der Waals surface area contributed by atoms with E-state index in [4.69, 9.17) is 4.74 Å². The Morgan fingerprint density at radius 2 is 1.92 bits per heavy atom. The zero-order valence-corrected chi connectivity index (χ0v) is 14.1. The number of nitrogens with one attached hydrogen (secondary N) is 1. The molecule has 3 rings (SSSR count). The van der Waals surface area contributed by atoms with Gasteiger partial charge in [0.2, 0.25) is 5.91 Å². The smallest absolute Gasteiger partial charge is 0.316 e. The zero-order chi connectivity index (χ0) is 17.4. The Labute approximate surface area is 141 Å². The third-order valence-electron chi connectivity index (χ3n) is 5.02. The van der Waals surface area contributed by atoms with Crippen LogP contribution in [0.1, 0.15) is 36.8 Å². The number of ketones is 1. The predicted molar refractivity (Wildman–Crippen MR) is 88.0 cm³/mol. The van der Waals surface area contributed by atoms with E-state index in [0.29, 0.717) is 17.7 Å². The second-order valence-electron chi connectivity index (χ2n) is 6.60. The van der Waals surface area contributed by atoms with Crippen molar-refractivity contribution in [2.24, 2.45) is 11.8 Å². The number of ether oxygens (including phenoxy) is 1. The number of esters is 1. The number of amides is 1. The standard InChI is InChI=1S/C19H21NO4/c1-10-6-4-5-7-12(10)13-9-15(21)20-14-8-11(2)16(19(23)24-3)18(22)17(13)14/h4-7,11,13,16H,8-9H2,1-3H3,(H,20,21). The molecule has 0 radical (unpaired) electrons. The number of aryl methyl sites for hydroxylation is 1. The Morgan fingerprint density at radius 1 is 1.21 bits per heavy atom. The van der Waals surface area contributed by atoms with Crippen molar-refractivity contribution >= 4 is 17.7 Å². The molecule has 1 aromatic rings. The summed E-state index contributed by atoms with van der Waals surface area (Å²) in [6.45, 7) is 3.81. The van der Waals surface area contributed by atoms with Gasteiger partial charge in [-0.3, -0.25) is 14.4 Å². The van der Waals surface area contributed by atoms with Crippen LogP contribution in [0.15, 0.2) is 35.5 Å². The highest BCUT2D eigenvalue weighted by Gasteiger charge is 2.45. The molecular weight excluding hydrogens is 306 g/mol. The monoisotopic (exact) mass is 327 g/mol. The number of methoxy groups -OCH3 is 1. The van der Waals surface area contributed by atoms with Crippen molar-refractivity contribution in [3.05, 3.63) is 46.7 Å². The van der Waals surface area contributed by atoms with E-state index in [-0.39, 0.29) is 29.9 Å². The number of hydrogen-bond donors (Lipinski definition) is 1. The largest absolute Gasteiger partial charge is 0.468 e. The van der Waals surface area contributed by atoms with Gasteiger partial charge in [0.15, 0.2) is 5.78 Å². The molecule has 0 spiro atoms. The summed E-state index contributed by atoms with van der Waals surface area (Å²) >= 11 is 0. The van der Waals surface area contributed by atoms with Crippen molar-refractivity contribution < 1.29 is 19.1 Å². The van der Waals surface area contributed by atoms with Crippen molar-refractivity contribution in [1.29, 1.82) is 0 Å². The van der Waals surface area contributed by atoms with Gasteiger partial charge < -0.3 is 10.1 Å². The number of Topliss-reactive ketones (excluding diaryl/α,β-unsaturated/α-hetero) is 1. The Balaban J connectivity index is 2.10. The molecule has 0 saturated carbocycles. The first-order valence-corrected chi connectivity index (χ1v) is 8.14. The topological polar surface area (TPSA) is 72.5 Å². The van der Waals surface area contributed by atoms with Gasteiger partial charge in [-0.15, -0.1) is 0 Å². The maximum atomic E-state index is 13.1. The maximum Gasteiger partial charge on any atom is 0.316 e. The van der Waals surface area contributed by atoms with Crippen LogP contribution in [-0.4, -0.2) is 24.8 Å². The molecular formula is C19H21NO4. The number of rotatable bonds is 2. The summed E-state index contributed by atoms with van der Waals surface area (Å²) in [4.78, 5) is 37.3. The molecule has 1 N–H and O–H groups in total. The van der Waals surface area contributed by atoms with E-state index < -0.39 is 11.9 Å². The fraction of sp³-hybridized carbons (Fsp3) is 0.421. The van der Waals surface area contributed by atoms with Crippen LogP contribution in [0.2, 0.25) is 0 Å². The average Bonchev–Trinajstić information content (AvgIpc) is 2.53. The molecule has 0 saturated heterocycles. The molecule has 0 bridgehead atoms. The van der Waals surface area contributed by atoms with Gasteiger partial charge in [-0.2, -0.15) is 0 Å². The van der Waals surface area contributed by atoms with E-state index in [2.05, 4.69) is 5.32 Å². The number of hydrogen-bond acceptors (Lipinski definition) is 4. The fourth-order valence-electron chi connectivity index (χ4n) is 3.84. The molecule has 3 unspecified atom stereocenters. The minimum absolute atomic E-state index is 0.0847. The van der Waals surface area contributed by atoms with E-state index in [1.54, 1.807) is 0 Å². The Morgan fingerprint density at radius 3 is 2.58 bits per heavy atom. The number of benzene rings is 1. The Hall–Kier alpha value is -2.43. The minimum Gasteiger partial charge on any atom is -0.468 e. The van der Waals surface area contributed by atoms with Crippen molar-refractivity contribution in [2.75, 3.05) is 7.11 Å². The van der Waals surface area contributed by atoms with Gasteiger partial charge in [-0.05, 0) is 30.4 Å². The van der Waals surface area contributed by atoms with Crippen LogP contribution in [0.5, 0.6) is 0 Å². The maximum absolute atomic E-state index is 13.1. The van der Waals surface area contributed by atoms with E-state index in [9.17, 15) is 14.4 Å². The number of carbonyl (C=O) groups is 3. The van der Waals surface area contributed by atoms with Gasteiger partial charge in [0.25, 0.3) is 0 Å². The summed E-state index contributed by atoms with van der Waals surface area (Å²) in [5.74, 6) is -2.10. The highest BCUT2D eigenvalue weighted by atomic mass is 16.5. The summed E-state index contributed by atoms with van der Waals surface area (Å²) in [7, 11) is 1.30. The average molecular weight is 327 g/mol. The first-order chi connectivity index (χ1) is 11.4. The highest BCUT2D eigenvalue weighted by Crippen LogP contribution is 2.42. The molecule has 5 nitrogen and oxygen atoms in total. The third-order valence-corrected chi connectivity index (χ3v) is 5.02. The van der Waals surface area contributed by atoms with Crippen molar-refractivity contribution in [3.63, 3.8) is 0 Å². The quantitative estimate of drug-likeness (QED) is 0.668. The summed E-state index contributed by atoms with van der Waals surface area (Å²) < 4.78 is 4.83. The molecule has 1 aliphatic carbocycles. The van der Waals surface area contributed by atoms with Gasteiger partial charge in [-0.25, -0.2) is 0 Å². The van der Waals surface area contributed by atoms with Crippen LogP contribution < -0.4 is 5.32 Å². The first-order valence-electron chi connectivity index (χ1n) is 8.14. The molecule has 3 atom stereocenters. The Kier molecular flexibility index (Phi) is 4.26. The minimum atomic E-state index is -0.796. The lowest BCUT2D eigenvalue weighted by Crippen LogP contribution is -2.44. The molecule has 126 valence electrons. The van der Waals surface area contributed by atoms with Crippen molar-refractivity contribution in [2.45, 2.75) is 32.6 Å². The lowest BCUT2D eigenvalue weighted by molar-refractivity contribution is -0.151. The molecule has 24 heavy (non-hydrogen) atoms. The lowest BCUT2D eigenvalue weighted by atomic mass is 9.70. The molecule has 1 amide bonds. The van der Waals surface area contributed by atoms with Gasteiger partial charge in [0.05, 0.1) is 7.11 Å². The number of carbonyl (C=O) groups excluding carboxylic acids is 3. The second kappa shape index (κ2) is 6.23. The summed E-state index contributed by atoms with van der Waals surface area (Å²) in [5.41, 5.74) is 3.23. The van der Waals surface area contributed by atoms with Crippen LogP contribution >= 0.6 is 0 Å². The summed E-state index contributed by atoms with van der Waals surface area (Å²) in [6, 6.07) is 7.75. The normalized spacial score (nSPS) is 26.7. The van der Waals surface area contributed by atoms with Crippen LogP contribution in [-0.2, 0) is 19.1 Å². The second-order valence-corrected chi connectivity index (χ2v) is 6.60. The zero-order valence-electron chi connectivity index (χ0n) is 14.1. The summed E-state index contributed by atoms with van der Waals surface area (Å²) in [6.07, 6.45) is 0.715. The van der Waals surface area contributed by atoms with Gasteiger partial charge in [0, 0.05) is 23.6 Å². The Bertz CT molecular complexity index is 749. The van der Waals surface area contributed by atoms with Crippen molar-refractivity contribution in [3.8, 4) is 0 Å². The van der Waals surface area contributed by atoms with E-state index >= 15 is 0 Å². The van der Waals surface area contributed by atoms with E-state index in [1.165, 1.54) is 7.11 Å². The number of allylic oxidation sites excluding steroid dienone is 2. The fourth-order valence-corrected chi connectivity index (χ4v) is 3.84. The van der Waals surface area contributed by atoms with Crippen molar-refractivity contribution in [1.82, 2.24) is 5.32 Å². The first kappa shape index (κ1) is 16.4. The highest BCUT2D eigenvalue weighted by molar-refractivity contribution is 6.11. The van der Waals surface area contributed by atoms with Crippen LogP contribution in [0, 0.1) is 18.8 Å². The van der Waals surface area contributed by atoms with Crippen LogP contribution in [0.3, 0.4) is 0 Å². The molecule has 1 aromatic carbocycles. The van der Waals surface area contributed by atoms with Gasteiger partial charge in [-0.1, -0.05) is 31.2 Å². The van der Waals surface area contributed by atoms with E-state index in [1.807, 2.05) is 38.1 Å². The molecule has 0 fully saturated rings. The van der Waals surface area contributed by atoms with Gasteiger partial charge >= 0.3 is 5.97 Å². The van der Waals surface area contributed by atoms with Crippen LogP contribution in [0.25, 0.3) is 0 Å². The molecule has 1 aliphatic heterocycles. The van der Waals surface area contributed by atoms with Crippen LogP contribution in [0.4, 0.5) is 0 Å². The molecule has 1 heterocycles. The lowest BCUT2D eigenvalue weighted by Gasteiger charge is -2.36. The van der Waals surface area contributed by atoms with E-state index in [0.717, 1.165) is 11.1 Å². The summed E-state index contributed by atoms with van der Waals surface area (Å²) in [5, 5.41) is 2.84. The molecule has 0 aromatic heterocycles. The molecule has 2 aliphatic rings. The SMILES string of the molecule is COC(=O)C1C(=O)C2=C(CC1C)NC(=O)CC2c1ccccc1C.